The van der Waals surface area contributed by atoms with Crippen LogP contribution in [0.1, 0.15) is 37.0 Å². The molecule has 0 aromatic heterocycles. The second kappa shape index (κ2) is 4.47. The Morgan fingerprint density at radius 3 is 2.75 bits per heavy atom. The van der Waals surface area contributed by atoms with Gasteiger partial charge in [-0.3, -0.25) is 4.79 Å². The Kier molecular flexibility index (Phi) is 3.04. The van der Waals surface area contributed by atoms with Crippen molar-refractivity contribution in [3.63, 3.8) is 0 Å². The molecule has 3 nitrogen and oxygen atoms in total. The van der Waals surface area contributed by atoms with Gasteiger partial charge in [-0.05, 0) is 48.9 Å². The van der Waals surface area contributed by atoms with Gasteiger partial charge in [-0.25, -0.2) is 5.43 Å². The number of benzene rings is 1. The van der Waals surface area contributed by atoms with E-state index >= 15 is 0 Å². The van der Waals surface area contributed by atoms with E-state index in [0.717, 1.165) is 17.7 Å². The predicted molar refractivity (Wildman–Crippen MR) is 64.5 cm³/mol. The highest BCUT2D eigenvalue weighted by atomic mass is 16.2. The number of carbonyl (C=O) groups is 1. The van der Waals surface area contributed by atoms with Crippen LogP contribution in [0.25, 0.3) is 0 Å². The molecule has 1 aliphatic carbocycles. The molecular formula is C13H16N2O. The fourth-order valence-electron chi connectivity index (χ4n) is 2.02. The first-order valence-electron chi connectivity index (χ1n) is 5.60. The Bertz CT molecular complexity index is 449. The molecule has 0 fully saturated rings. The van der Waals surface area contributed by atoms with E-state index in [2.05, 4.69) is 28.7 Å². The molecule has 3 heteroatoms. The van der Waals surface area contributed by atoms with Crippen molar-refractivity contribution in [1.82, 2.24) is 5.43 Å². The predicted octanol–water partition coefficient (Wildman–Crippen LogP) is 2.04. The summed E-state index contributed by atoms with van der Waals surface area (Å²) < 4.78 is 0. The molecule has 0 radical (unpaired) electrons. The van der Waals surface area contributed by atoms with Crippen LogP contribution in [0.3, 0.4) is 0 Å². The fraction of sp³-hybridized carbons (Fsp3) is 0.385. The largest absolute Gasteiger partial charge is 0.274 e. The maximum absolute atomic E-state index is 10.7. The lowest BCUT2D eigenvalue weighted by molar-refractivity contribution is -0.118. The summed E-state index contributed by atoms with van der Waals surface area (Å²) in [5, 5.41) is 4.04. The summed E-state index contributed by atoms with van der Waals surface area (Å²) in [6, 6.07) is 6.43. The molecule has 1 aromatic carbocycles. The molecule has 84 valence electrons. The molecule has 1 aliphatic rings. The van der Waals surface area contributed by atoms with Gasteiger partial charge in [-0.15, -0.1) is 0 Å². The zero-order chi connectivity index (χ0) is 11.5. The SMILES string of the molecule is CC(=O)N/N=C(/C)c1ccc2c(c1)CCC2. The summed E-state index contributed by atoms with van der Waals surface area (Å²) in [4.78, 5) is 10.7. The van der Waals surface area contributed by atoms with Gasteiger partial charge in [0.2, 0.25) is 5.91 Å². The van der Waals surface area contributed by atoms with Crippen molar-refractivity contribution in [3.8, 4) is 0 Å². The van der Waals surface area contributed by atoms with E-state index in [9.17, 15) is 4.79 Å². The third kappa shape index (κ3) is 2.30. The molecule has 0 spiro atoms. The molecule has 1 amide bonds. The highest BCUT2D eigenvalue weighted by molar-refractivity contribution is 5.99. The summed E-state index contributed by atoms with van der Waals surface area (Å²) in [5.41, 5.74) is 7.28. The average Bonchev–Trinajstić information content (AvgIpc) is 2.72. The van der Waals surface area contributed by atoms with Gasteiger partial charge in [0.15, 0.2) is 0 Å². The van der Waals surface area contributed by atoms with Crippen molar-refractivity contribution in [2.24, 2.45) is 5.10 Å². The van der Waals surface area contributed by atoms with Gasteiger partial charge in [-0.2, -0.15) is 5.10 Å². The zero-order valence-electron chi connectivity index (χ0n) is 9.71. The van der Waals surface area contributed by atoms with Crippen LogP contribution in [0.15, 0.2) is 23.3 Å². The van der Waals surface area contributed by atoms with E-state index in [1.165, 1.54) is 30.9 Å². The molecule has 0 aliphatic heterocycles. The quantitative estimate of drug-likeness (QED) is 0.596. The monoisotopic (exact) mass is 216 g/mol. The average molecular weight is 216 g/mol. The molecule has 0 saturated carbocycles. The van der Waals surface area contributed by atoms with Crippen LogP contribution in [0.4, 0.5) is 0 Å². The number of hydrogen-bond donors (Lipinski definition) is 1. The van der Waals surface area contributed by atoms with E-state index in [0.29, 0.717) is 0 Å². The summed E-state index contributed by atoms with van der Waals surface area (Å²) >= 11 is 0. The summed E-state index contributed by atoms with van der Waals surface area (Å²) in [6.07, 6.45) is 3.61. The van der Waals surface area contributed by atoms with Crippen LogP contribution >= 0.6 is 0 Å². The third-order valence-electron chi connectivity index (χ3n) is 2.90. The van der Waals surface area contributed by atoms with Crippen LogP contribution in [0.5, 0.6) is 0 Å². The van der Waals surface area contributed by atoms with Crippen LogP contribution in [-0.4, -0.2) is 11.6 Å². The molecule has 0 saturated heterocycles. The summed E-state index contributed by atoms with van der Waals surface area (Å²) in [5.74, 6) is -0.138. The van der Waals surface area contributed by atoms with Gasteiger partial charge in [0.25, 0.3) is 0 Å². The molecule has 16 heavy (non-hydrogen) atoms. The number of rotatable bonds is 2. The van der Waals surface area contributed by atoms with Crippen LogP contribution in [-0.2, 0) is 17.6 Å². The lowest BCUT2D eigenvalue weighted by Crippen LogP contribution is -2.15. The van der Waals surface area contributed by atoms with Gasteiger partial charge >= 0.3 is 0 Å². The molecule has 0 bridgehead atoms. The van der Waals surface area contributed by atoms with Gasteiger partial charge in [-0.1, -0.05) is 12.1 Å². The second-order valence-corrected chi connectivity index (χ2v) is 4.20. The molecule has 1 aromatic rings. The Labute approximate surface area is 95.6 Å². The van der Waals surface area contributed by atoms with E-state index in [1.54, 1.807) is 0 Å². The van der Waals surface area contributed by atoms with Gasteiger partial charge in [0.05, 0.1) is 5.71 Å². The molecular weight excluding hydrogens is 200 g/mol. The number of aryl methyl sites for hydroxylation is 2. The van der Waals surface area contributed by atoms with Crippen molar-refractivity contribution in [2.75, 3.05) is 0 Å². The van der Waals surface area contributed by atoms with Crippen molar-refractivity contribution < 1.29 is 4.79 Å². The van der Waals surface area contributed by atoms with Crippen molar-refractivity contribution in [3.05, 3.63) is 34.9 Å². The number of fused-ring (bicyclic) bond motifs is 1. The highest BCUT2D eigenvalue weighted by Crippen LogP contribution is 2.22. The number of carbonyl (C=O) groups excluding carboxylic acids is 1. The minimum absolute atomic E-state index is 0.138. The first kappa shape index (κ1) is 10.9. The fourth-order valence-corrected chi connectivity index (χ4v) is 2.02. The smallest absolute Gasteiger partial charge is 0.236 e. The van der Waals surface area contributed by atoms with E-state index in [1.807, 2.05) is 6.92 Å². The first-order chi connectivity index (χ1) is 7.66. The van der Waals surface area contributed by atoms with E-state index in [-0.39, 0.29) is 5.91 Å². The Morgan fingerprint density at radius 2 is 2.00 bits per heavy atom. The van der Waals surface area contributed by atoms with Crippen LogP contribution < -0.4 is 5.43 Å². The maximum atomic E-state index is 10.7. The minimum atomic E-state index is -0.138. The Hall–Kier alpha value is -1.64. The summed E-state index contributed by atoms with van der Waals surface area (Å²) in [7, 11) is 0. The number of nitrogens with one attached hydrogen (secondary N) is 1. The molecule has 0 atom stereocenters. The molecule has 1 N–H and O–H groups in total. The number of hydrogen-bond acceptors (Lipinski definition) is 2. The third-order valence-corrected chi connectivity index (χ3v) is 2.90. The lowest BCUT2D eigenvalue weighted by atomic mass is 10.0. The van der Waals surface area contributed by atoms with E-state index in [4.69, 9.17) is 0 Å². The van der Waals surface area contributed by atoms with Crippen LogP contribution in [0.2, 0.25) is 0 Å². The zero-order valence-corrected chi connectivity index (χ0v) is 9.71. The van der Waals surface area contributed by atoms with Crippen molar-refractivity contribution >= 4 is 11.6 Å². The number of hydrazone groups is 1. The second-order valence-electron chi connectivity index (χ2n) is 4.20. The van der Waals surface area contributed by atoms with Crippen molar-refractivity contribution in [2.45, 2.75) is 33.1 Å². The van der Waals surface area contributed by atoms with Crippen LogP contribution in [0, 0.1) is 0 Å². The first-order valence-corrected chi connectivity index (χ1v) is 5.60. The molecule has 2 rings (SSSR count). The standard InChI is InChI=1S/C13H16N2O/c1-9(14-15-10(2)16)12-7-6-11-4-3-5-13(11)8-12/h6-8H,3-5H2,1-2H3,(H,15,16)/b14-9-. The minimum Gasteiger partial charge on any atom is -0.274 e. The van der Waals surface area contributed by atoms with Crippen molar-refractivity contribution in [1.29, 1.82) is 0 Å². The topological polar surface area (TPSA) is 41.5 Å². The van der Waals surface area contributed by atoms with Gasteiger partial charge in [0, 0.05) is 6.92 Å². The van der Waals surface area contributed by atoms with Gasteiger partial charge < -0.3 is 0 Å². The summed E-state index contributed by atoms with van der Waals surface area (Å²) in [6.45, 7) is 3.37. The maximum Gasteiger partial charge on any atom is 0.236 e. The molecule has 0 heterocycles. The number of nitrogens with zero attached hydrogens (tertiary/aromatic N) is 1. The van der Waals surface area contributed by atoms with Gasteiger partial charge in [0.1, 0.15) is 0 Å². The molecule has 0 unspecified atom stereocenters. The Balaban J connectivity index is 2.21. The van der Waals surface area contributed by atoms with E-state index < -0.39 is 0 Å². The lowest BCUT2D eigenvalue weighted by Gasteiger charge is -2.04. The highest BCUT2D eigenvalue weighted by Gasteiger charge is 2.11. The Morgan fingerprint density at radius 1 is 1.25 bits per heavy atom. The normalized spacial score (nSPS) is 14.8. The number of amides is 1.